The third-order valence-corrected chi connectivity index (χ3v) is 9.96. The topological polar surface area (TPSA) is 78.4 Å². The van der Waals surface area contributed by atoms with Gasteiger partial charge in [0.2, 0.25) is 16.0 Å². The van der Waals surface area contributed by atoms with E-state index in [-0.39, 0.29) is 4.90 Å². The van der Waals surface area contributed by atoms with E-state index in [1.165, 1.54) is 54.2 Å². The molecule has 3 aromatic carbocycles. The van der Waals surface area contributed by atoms with Crippen LogP contribution in [-0.2, 0) is 22.9 Å². The van der Waals surface area contributed by atoms with E-state index in [1.807, 2.05) is 30.5 Å². The number of aromatic nitrogens is 2. The highest BCUT2D eigenvalue weighted by Gasteiger charge is 2.24. The number of nitrogens with one attached hydrogen (secondary N) is 1. The molecule has 0 spiro atoms. The fourth-order valence-corrected chi connectivity index (χ4v) is 6.90. The SMILES string of the molecule is CN(C)S(=O)(=O)c1cccc(-c2cccc3cnc(Nc4ccc5c(c4)CC[C@@H](N4CCCC4)CC5)nc23)c1. The molecule has 0 amide bonds. The van der Waals surface area contributed by atoms with Crippen molar-refractivity contribution in [2.75, 3.05) is 32.5 Å². The van der Waals surface area contributed by atoms with Gasteiger partial charge in [0, 0.05) is 43.0 Å². The van der Waals surface area contributed by atoms with Gasteiger partial charge < -0.3 is 10.2 Å². The molecule has 2 heterocycles. The molecule has 1 atom stereocenters. The Balaban J connectivity index is 1.27. The lowest BCUT2D eigenvalue weighted by Gasteiger charge is -2.25. The minimum atomic E-state index is -3.54. The molecular formula is C31H35N5O2S. The number of sulfonamides is 1. The van der Waals surface area contributed by atoms with Gasteiger partial charge in [0.25, 0.3) is 0 Å². The minimum absolute atomic E-state index is 0.256. The standard InChI is InChI=1S/C31H35N5O2S/c1-35(2)39(37,38)28-9-5-7-24(20-28)29-10-6-8-25-21-32-31(34-30(25)29)33-26-14-11-22-12-15-27(16-13-23(22)19-26)36-17-3-4-18-36/h5-11,14,19-21,27H,3-4,12-13,15-18H2,1-2H3,(H,32,33,34)/t27-/m0/s1. The molecule has 0 bridgehead atoms. The number of nitrogens with zero attached hydrogens (tertiary/aromatic N) is 4. The van der Waals surface area contributed by atoms with Crippen LogP contribution in [0, 0.1) is 0 Å². The summed E-state index contributed by atoms with van der Waals surface area (Å²) in [4.78, 5) is 12.4. The van der Waals surface area contributed by atoms with Gasteiger partial charge in [-0.2, -0.15) is 0 Å². The first-order chi connectivity index (χ1) is 18.9. The molecule has 1 aliphatic carbocycles. The van der Waals surface area contributed by atoms with Gasteiger partial charge in [-0.3, -0.25) is 0 Å². The molecule has 1 fully saturated rings. The molecular weight excluding hydrogens is 506 g/mol. The summed E-state index contributed by atoms with van der Waals surface area (Å²) in [6, 6.07) is 20.3. The summed E-state index contributed by atoms with van der Waals surface area (Å²) in [5.74, 6) is 0.524. The number of aryl methyl sites for hydroxylation is 2. The Kier molecular flexibility index (Phi) is 7.10. The van der Waals surface area contributed by atoms with Crippen molar-refractivity contribution in [3.05, 3.63) is 78.0 Å². The summed E-state index contributed by atoms with van der Waals surface area (Å²) in [5, 5.41) is 4.32. The van der Waals surface area contributed by atoms with Crippen LogP contribution in [0.15, 0.2) is 71.8 Å². The molecule has 8 heteroatoms. The second-order valence-corrected chi connectivity index (χ2v) is 13.0. The van der Waals surface area contributed by atoms with Crippen molar-refractivity contribution in [2.45, 2.75) is 49.5 Å². The van der Waals surface area contributed by atoms with Crippen LogP contribution in [0.4, 0.5) is 11.6 Å². The number of rotatable bonds is 6. The molecule has 4 aromatic rings. The molecule has 1 N–H and O–H groups in total. The monoisotopic (exact) mass is 541 g/mol. The molecule has 39 heavy (non-hydrogen) atoms. The van der Waals surface area contributed by atoms with Crippen LogP contribution < -0.4 is 5.32 Å². The van der Waals surface area contributed by atoms with Crippen LogP contribution in [0.1, 0.15) is 36.8 Å². The Morgan fingerprint density at radius 3 is 2.49 bits per heavy atom. The van der Waals surface area contributed by atoms with Crippen LogP contribution in [0.25, 0.3) is 22.0 Å². The molecule has 1 saturated heterocycles. The smallest absolute Gasteiger partial charge is 0.242 e. The van der Waals surface area contributed by atoms with Gasteiger partial charge >= 0.3 is 0 Å². The van der Waals surface area contributed by atoms with E-state index in [1.54, 1.807) is 32.3 Å². The zero-order chi connectivity index (χ0) is 27.0. The fraction of sp³-hybridized carbons (Fsp3) is 0.355. The maximum Gasteiger partial charge on any atom is 0.242 e. The van der Waals surface area contributed by atoms with Crippen molar-refractivity contribution in [1.82, 2.24) is 19.2 Å². The van der Waals surface area contributed by atoms with Crippen molar-refractivity contribution in [2.24, 2.45) is 0 Å². The third kappa shape index (κ3) is 5.29. The van der Waals surface area contributed by atoms with Crippen LogP contribution in [-0.4, -0.2) is 60.8 Å². The van der Waals surface area contributed by atoms with Crippen molar-refractivity contribution in [1.29, 1.82) is 0 Å². The lowest BCUT2D eigenvalue weighted by atomic mass is 10.0. The third-order valence-electron chi connectivity index (χ3n) is 8.15. The normalized spacial score (nSPS) is 18.3. The summed E-state index contributed by atoms with van der Waals surface area (Å²) in [7, 11) is -0.460. The van der Waals surface area contributed by atoms with Crippen LogP contribution in [0.3, 0.4) is 0 Å². The van der Waals surface area contributed by atoms with Crippen molar-refractivity contribution < 1.29 is 8.42 Å². The highest BCUT2D eigenvalue weighted by molar-refractivity contribution is 7.89. The minimum Gasteiger partial charge on any atom is -0.324 e. The first-order valence-corrected chi connectivity index (χ1v) is 15.2. The van der Waals surface area contributed by atoms with E-state index in [9.17, 15) is 8.42 Å². The number of likely N-dealkylation sites (tertiary alicyclic amines) is 1. The summed E-state index contributed by atoms with van der Waals surface area (Å²) in [6.45, 7) is 2.51. The summed E-state index contributed by atoms with van der Waals surface area (Å²) in [5.41, 5.74) is 6.30. The number of anilines is 2. The van der Waals surface area contributed by atoms with Crippen molar-refractivity contribution in [3.63, 3.8) is 0 Å². The average Bonchev–Trinajstić information content (AvgIpc) is 3.40. The van der Waals surface area contributed by atoms with E-state index in [4.69, 9.17) is 4.98 Å². The van der Waals surface area contributed by atoms with Gasteiger partial charge in [0.15, 0.2) is 0 Å². The Hall–Kier alpha value is -3.33. The van der Waals surface area contributed by atoms with E-state index >= 15 is 0 Å². The maximum absolute atomic E-state index is 12.7. The largest absolute Gasteiger partial charge is 0.324 e. The van der Waals surface area contributed by atoms with Crippen molar-refractivity contribution in [3.8, 4) is 11.1 Å². The zero-order valence-corrected chi connectivity index (χ0v) is 23.4. The van der Waals surface area contributed by atoms with Crippen LogP contribution in [0.5, 0.6) is 0 Å². The first kappa shape index (κ1) is 25.9. The Bertz CT molecular complexity index is 1610. The quantitative estimate of drug-likeness (QED) is 0.319. The molecule has 1 aromatic heterocycles. The summed E-state index contributed by atoms with van der Waals surface area (Å²) >= 11 is 0. The average molecular weight is 542 g/mol. The number of fused-ring (bicyclic) bond motifs is 2. The number of para-hydroxylation sites is 1. The summed E-state index contributed by atoms with van der Waals surface area (Å²) < 4.78 is 26.7. The molecule has 7 nitrogen and oxygen atoms in total. The van der Waals surface area contributed by atoms with Gasteiger partial charge in [-0.1, -0.05) is 36.4 Å². The zero-order valence-electron chi connectivity index (χ0n) is 22.6. The number of hydrogen-bond acceptors (Lipinski definition) is 6. The Labute approximate surface area is 230 Å². The fourth-order valence-electron chi connectivity index (χ4n) is 5.95. The second kappa shape index (κ2) is 10.7. The van der Waals surface area contributed by atoms with Crippen LogP contribution >= 0.6 is 0 Å². The Morgan fingerprint density at radius 1 is 0.923 bits per heavy atom. The molecule has 6 rings (SSSR count). The molecule has 0 saturated carbocycles. The van der Waals surface area contributed by atoms with E-state index in [0.29, 0.717) is 12.0 Å². The van der Waals surface area contributed by atoms with E-state index < -0.39 is 10.0 Å². The van der Waals surface area contributed by atoms with E-state index in [2.05, 4.69) is 33.4 Å². The lowest BCUT2D eigenvalue weighted by Crippen LogP contribution is -2.32. The highest BCUT2D eigenvalue weighted by atomic mass is 32.2. The molecule has 0 unspecified atom stereocenters. The van der Waals surface area contributed by atoms with Gasteiger partial charge in [-0.15, -0.1) is 0 Å². The predicted molar refractivity (Wildman–Crippen MR) is 157 cm³/mol. The number of benzene rings is 3. The predicted octanol–water partition coefficient (Wildman–Crippen LogP) is 5.63. The van der Waals surface area contributed by atoms with Gasteiger partial charge in [-0.05, 0) is 92.6 Å². The van der Waals surface area contributed by atoms with Gasteiger partial charge in [-0.25, -0.2) is 22.7 Å². The number of hydrogen-bond donors (Lipinski definition) is 1. The van der Waals surface area contributed by atoms with Crippen LogP contribution in [0.2, 0.25) is 0 Å². The molecule has 1 aliphatic heterocycles. The van der Waals surface area contributed by atoms with Gasteiger partial charge in [0.1, 0.15) is 0 Å². The first-order valence-electron chi connectivity index (χ1n) is 13.8. The maximum atomic E-state index is 12.7. The second-order valence-electron chi connectivity index (χ2n) is 10.8. The molecule has 202 valence electrons. The highest BCUT2D eigenvalue weighted by Crippen LogP contribution is 2.31. The lowest BCUT2D eigenvalue weighted by molar-refractivity contribution is 0.222. The Morgan fingerprint density at radius 2 is 1.69 bits per heavy atom. The summed E-state index contributed by atoms with van der Waals surface area (Å²) in [6.07, 6.45) is 9.19. The molecule has 2 aliphatic rings. The van der Waals surface area contributed by atoms with E-state index in [0.717, 1.165) is 40.6 Å². The van der Waals surface area contributed by atoms with Gasteiger partial charge in [0.05, 0.1) is 10.4 Å². The van der Waals surface area contributed by atoms with Crippen molar-refractivity contribution >= 4 is 32.6 Å². The molecule has 0 radical (unpaired) electrons.